The molecule has 0 heterocycles. The van der Waals surface area contributed by atoms with Crippen molar-refractivity contribution < 1.29 is 0 Å². The van der Waals surface area contributed by atoms with Crippen LogP contribution in [0.15, 0.2) is 59.5 Å². The molecule has 2 aromatic carbocycles. The van der Waals surface area contributed by atoms with Crippen LogP contribution in [-0.4, -0.2) is 12.3 Å². The average molecular weight is 257 g/mol. The maximum absolute atomic E-state index is 3.51. The minimum Gasteiger partial charge on any atom is -0.384 e. The predicted octanol–water partition coefficient (Wildman–Crippen LogP) is 4.45. The van der Waals surface area contributed by atoms with Crippen molar-refractivity contribution in [2.45, 2.75) is 18.2 Å². The number of para-hydroxylation sites is 1. The molecule has 0 aliphatic heterocycles. The fourth-order valence-corrected chi connectivity index (χ4v) is 2.66. The molecule has 0 saturated heterocycles. The van der Waals surface area contributed by atoms with Crippen molar-refractivity contribution in [1.82, 2.24) is 0 Å². The number of hydrogen-bond donors (Lipinski definition) is 1. The molecule has 0 saturated carbocycles. The molecule has 1 N–H and O–H groups in total. The lowest BCUT2D eigenvalue weighted by Gasteiger charge is -2.10. The van der Waals surface area contributed by atoms with E-state index in [1.54, 1.807) is 0 Å². The summed E-state index contributed by atoms with van der Waals surface area (Å²) in [5, 5.41) is 3.51. The van der Waals surface area contributed by atoms with Crippen molar-refractivity contribution in [3.05, 3.63) is 60.2 Å². The topological polar surface area (TPSA) is 12.0 Å². The number of benzene rings is 2. The van der Waals surface area contributed by atoms with Crippen molar-refractivity contribution in [3.8, 4) is 0 Å². The van der Waals surface area contributed by atoms with E-state index in [0.717, 1.165) is 18.7 Å². The van der Waals surface area contributed by atoms with Gasteiger partial charge in [0.15, 0.2) is 0 Å². The number of nitrogens with one attached hydrogen (secondary N) is 1. The van der Waals surface area contributed by atoms with E-state index in [0.29, 0.717) is 0 Å². The van der Waals surface area contributed by atoms with Crippen LogP contribution in [0.5, 0.6) is 0 Å². The zero-order valence-corrected chi connectivity index (χ0v) is 11.5. The van der Waals surface area contributed by atoms with Crippen LogP contribution in [0.25, 0.3) is 0 Å². The Hall–Kier alpha value is -1.41. The van der Waals surface area contributed by atoms with E-state index in [1.807, 2.05) is 11.8 Å². The second-order valence-electron chi connectivity index (χ2n) is 4.10. The fourth-order valence-electron chi connectivity index (χ4n) is 1.87. The molecule has 2 rings (SSSR count). The average Bonchev–Trinajstić information content (AvgIpc) is 2.45. The molecule has 0 unspecified atom stereocenters. The lowest BCUT2D eigenvalue weighted by molar-refractivity contribution is 1.12. The molecular weight excluding hydrogens is 238 g/mol. The third kappa shape index (κ3) is 3.81. The van der Waals surface area contributed by atoms with E-state index >= 15 is 0 Å². The Balaban J connectivity index is 1.78. The van der Waals surface area contributed by atoms with Crippen molar-refractivity contribution in [1.29, 1.82) is 0 Å². The Kier molecular flexibility index (Phi) is 5.15. The van der Waals surface area contributed by atoms with Crippen LogP contribution in [0.3, 0.4) is 0 Å². The summed E-state index contributed by atoms with van der Waals surface area (Å²) in [6, 6.07) is 19.1. The summed E-state index contributed by atoms with van der Waals surface area (Å²) in [6.45, 7) is 3.19. The minimum atomic E-state index is 0.997. The molecule has 0 radical (unpaired) electrons. The van der Waals surface area contributed by atoms with E-state index in [9.17, 15) is 0 Å². The standard InChI is InChI=1S/C16H19NS/c1-2-14-8-6-7-11-16(14)17-12-13-18-15-9-4-3-5-10-15/h3-11,17H,2,12-13H2,1H3. The third-order valence-corrected chi connectivity index (χ3v) is 3.84. The van der Waals surface area contributed by atoms with E-state index in [2.05, 4.69) is 66.8 Å². The SMILES string of the molecule is CCc1ccccc1NCCSc1ccccc1. The second-order valence-corrected chi connectivity index (χ2v) is 5.27. The Labute approximate surface area is 114 Å². The second kappa shape index (κ2) is 7.12. The summed E-state index contributed by atoms with van der Waals surface area (Å²) in [5.41, 5.74) is 2.66. The van der Waals surface area contributed by atoms with Gasteiger partial charge in [-0.05, 0) is 30.2 Å². The fraction of sp³-hybridized carbons (Fsp3) is 0.250. The van der Waals surface area contributed by atoms with Gasteiger partial charge in [-0.1, -0.05) is 43.3 Å². The van der Waals surface area contributed by atoms with Gasteiger partial charge in [0.1, 0.15) is 0 Å². The largest absolute Gasteiger partial charge is 0.384 e. The highest BCUT2D eigenvalue weighted by Gasteiger charge is 1.98. The molecule has 94 valence electrons. The highest BCUT2D eigenvalue weighted by molar-refractivity contribution is 7.99. The summed E-state index contributed by atoms with van der Waals surface area (Å²) in [4.78, 5) is 1.34. The molecule has 18 heavy (non-hydrogen) atoms. The first-order valence-electron chi connectivity index (χ1n) is 6.40. The summed E-state index contributed by atoms with van der Waals surface area (Å²) in [6.07, 6.45) is 1.08. The quantitative estimate of drug-likeness (QED) is 0.606. The monoisotopic (exact) mass is 257 g/mol. The van der Waals surface area contributed by atoms with Gasteiger partial charge in [0.2, 0.25) is 0 Å². The van der Waals surface area contributed by atoms with Gasteiger partial charge in [-0.25, -0.2) is 0 Å². The maximum atomic E-state index is 3.51. The highest BCUT2D eigenvalue weighted by atomic mass is 32.2. The van der Waals surface area contributed by atoms with Crippen LogP contribution in [0, 0.1) is 0 Å². The molecule has 0 aromatic heterocycles. The maximum Gasteiger partial charge on any atom is 0.0372 e. The molecule has 2 aromatic rings. The Morgan fingerprint density at radius 2 is 1.67 bits per heavy atom. The molecule has 1 nitrogen and oxygen atoms in total. The first-order chi connectivity index (χ1) is 8.90. The van der Waals surface area contributed by atoms with E-state index < -0.39 is 0 Å². The summed E-state index contributed by atoms with van der Waals surface area (Å²) in [7, 11) is 0. The van der Waals surface area contributed by atoms with Gasteiger partial charge in [0, 0.05) is 22.9 Å². The van der Waals surface area contributed by atoms with Crippen LogP contribution >= 0.6 is 11.8 Å². The van der Waals surface area contributed by atoms with Gasteiger partial charge < -0.3 is 5.32 Å². The summed E-state index contributed by atoms with van der Waals surface area (Å²) in [5.74, 6) is 1.09. The first kappa shape index (κ1) is 13.0. The molecule has 0 fully saturated rings. The number of thioether (sulfide) groups is 1. The minimum absolute atomic E-state index is 0.997. The predicted molar refractivity (Wildman–Crippen MR) is 81.5 cm³/mol. The Bertz CT molecular complexity index is 468. The molecule has 0 spiro atoms. The van der Waals surface area contributed by atoms with Crippen molar-refractivity contribution in [3.63, 3.8) is 0 Å². The van der Waals surface area contributed by atoms with Crippen LogP contribution in [0.1, 0.15) is 12.5 Å². The van der Waals surface area contributed by atoms with Gasteiger partial charge in [-0.2, -0.15) is 0 Å². The van der Waals surface area contributed by atoms with E-state index in [1.165, 1.54) is 16.1 Å². The molecule has 0 aliphatic carbocycles. The number of anilines is 1. The zero-order valence-electron chi connectivity index (χ0n) is 10.7. The van der Waals surface area contributed by atoms with E-state index in [4.69, 9.17) is 0 Å². The number of aryl methyl sites for hydroxylation is 1. The van der Waals surface area contributed by atoms with Gasteiger partial charge in [0.05, 0.1) is 0 Å². The molecule has 0 atom stereocenters. The molecule has 0 aliphatic rings. The lowest BCUT2D eigenvalue weighted by atomic mass is 10.1. The highest BCUT2D eigenvalue weighted by Crippen LogP contribution is 2.18. The third-order valence-electron chi connectivity index (χ3n) is 2.83. The first-order valence-corrected chi connectivity index (χ1v) is 7.38. The van der Waals surface area contributed by atoms with Gasteiger partial charge in [-0.3, -0.25) is 0 Å². The smallest absolute Gasteiger partial charge is 0.0372 e. The number of rotatable bonds is 6. The lowest BCUT2D eigenvalue weighted by Crippen LogP contribution is -2.05. The normalized spacial score (nSPS) is 10.3. The molecule has 2 heteroatoms. The van der Waals surface area contributed by atoms with Crippen LogP contribution in [-0.2, 0) is 6.42 Å². The van der Waals surface area contributed by atoms with Crippen LogP contribution in [0.4, 0.5) is 5.69 Å². The van der Waals surface area contributed by atoms with Crippen molar-refractivity contribution in [2.24, 2.45) is 0 Å². The summed E-state index contributed by atoms with van der Waals surface area (Å²) < 4.78 is 0. The Morgan fingerprint density at radius 3 is 2.44 bits per heavy atom. The van der Waals surface area contributed by atoms with Crippen molar-refractivity contribution >= 4 is 17.4 Å². The molecule has 0 amide bonds. The van der Waals surface area contributed by atoms with E-state index in [-0.39, 0.29) is 0 Å². The van der Waals surface area contributed by atoms with Crippen molar-refractivity contribution in [2.75, 3.05) is 17.6 Å². The van der Waals surface area contributed by atoms with Crippen LogP contribution < -0.4 is 5.32 Å². The Morgan fingerprint density at radius 1 is 0.944 bits per heavy atom. The zero-order chi connectivity index (χ0) is 12.6. The van der Waals surface area contributed by atoms with Crippen LogP contribution in [0.2, 0.25) is 0 Å². The molecular formula is C16H19NS. The number of hydrogen-bond acceptors (Lipinski definition) is 2. The van der Waals surface area contributed by atoms with Gasteiger partial charge in [0.25, 0.3) is 0 Å². The summed E-state index contributed by atoms with van der Waals surface area (Å²) >= 11 is 1.89. The van der Waals surface area contributed by atoms with Gasteiger partial charge >= 0.3 is 0 Å². The van der Waals surface area contributed by atoms with Gasteiger partial charge in [-0.15, -0.1) is 11.8 Å². The molecule has 0 bridgehead atoms.